The van der Waals surface area contributed by atoms with Crippen molar-refractivity contribution < 1.29 is 14.8 Å². The van der Waals surface area contributed by atoms with E-state index in [9.17, 15) is 14.9 Å². The van der Waals surface area contributed by atoms with Gasteiger partial charge in [0.2, 0.25) is 0 Å². The number of carboxylic acids is 1. The molecule has 0 bridgehead atoms. The second kappa shape index (κ2) is 5.69. The van der Waals surface area contributed by atoms with Crippen LogP contribution in [0.15, 0.2) is 24.3 Å². The third-order valence-corrected chi connectivity index (χ3v) is 3.46. The maximum atomic E-state index is 11.0. The van der Waals surface area contributed by atoms with E-state index in [1.165, 1.54) is 12.1 Å². The Morgan fingerprint density at radius 2 is 1.89 bits per heavy atom. The SMILES string of the molecule is O=C(O)CN(c1ccc([N+](=O)[O-])cc1)C1CCCC1. The molecule has 0 aliphatic heterocycles. The molecule has 1 aliphatic rings. The summed E-state index contributed by atoms with van der Waals surface area (Å²) in [7, 11) is 0. The number of nitro benzene ring substituents is 1. The van der Waals surface area contributed by atoms with Gasteiger partial charge in [0.1, 0.15) is 6.54 Å². The molecule has 1 aliphatic carbocycles. The number of non-ortho nitro benzene ring substituents is 1. The number of nitrogens with zero attached hydrogens (tertiary/aromatic N) is 2. The highest BCUT2D eigenvalue weighted by molar-refractivity contribution is 5.74. The predicted molar refractivity (Wildman–Crippen MR) is 70.3 cm³/mol. The second-order valence-electron chi connectivity index (χ2n) is 4.73. The van der Waals surface area contributed by atoms with Crippen molar-refractivity contribution in [3.63, 3.8) is 0 Å². The summed E-state index contributed by atoms with van der Waals surface area (Å²) in [6, 6.07) is 6.30. The van der Waals surface area contributed by atoms with Gasteiger partial charge in [-0.3, -0.25) is 14.9 Å². The van der Waals surface area contributed by atoms with Gasteiger partial charge in [-0.25, -0.2) is 0 Å². The Bertz CT molecular complexity index is 466. The van der Waals surface area contributed by atoms with Gasteiger partial charge in [0.25, 0.3) is 5.69 Å². The number of carbonyl (C=O) groups is 1. The van der Waals surface area contributed by atoms with Crippen molar-refractivity contribution in [2.45, 2.75) is 31.7 Å². The molecule has 0 heterocycles. The number of aliphatic carboxylic acids is 1. The first-order valence-corrected chi connectivity index (χ1v) is 6.31. The normalized spacial score (nSPS) is 15.4. The van der Waals surface area contributed by atoms with E-state index in [0.29, 0.717) is 0 Å². The van der Waals surface area contributed by atoms with Gasteiger partial charge < -0.3 is 10.0 Å². The number of hydrogen-bond donors (Lipinski definition) is 1. The molecular formula is C13H16N2O4. The molecule has 0 radical (unpaired) electrons. The molecule has 0 spiro atoms. The molecule has 1 saturated carbocycles. The van der Waals surface area contributed by atoms with Gasteiger partial charge in [0, 0.05) is 23.9 Å². The first-order valence-electron chi connectivity index (χ1n) is 6.31. The molecule has 1 aromatic carbocycles. The zero-order chi connectivity index (χ0) is 13.8. The van der Waals surface area contributed by atoms with E-state index >= 15 is 0 Å². The number of hydrogen-bond acceptors (Lipinski definition) is 4. The van der Waals surface area contributed by atoms with Crippen LogP contribution in [0.25, 0.3) is 0 Å². The van der Waals surface area contributed by atoms with Crippen LogP contribution in [0, 0.1) is 10.1 Å². The fourth-order valence-electron chi connectivity index (χ4n) is 2.56. The Morgan fingerprint density at radius 1 is 1.32 bits per heavy atom. The summed E-state index contributed by atoms with van der Waals surface area (Å²) in [4.78, 5) is 23.0. The van der Waals surface area contributed by atoms with Crippen molar-refractivity contribution in [1.82, 2.24) is 0 Å². The molecule has 0 atom stereocenters. The molecule has 1 aromatic rings. The smallest absolute Gasteiger partial charge is 0.323 e. The maximum absolute atomic E-state index is 11.0. The summed E-state index contributed by atoms with van der Waals surface area (Å²) in [6.45, 7) is -0.0670. The predicted octanol–water partition coefficient (Wildman–Crippen LogP) is 2.43. The molecule has 19 heavy (non-hydrogen) atoms. The monoisotopic (exact) mass is 264 g/mol. The zero-order valence-electron chi connectivity index (χ0n) is 10.5. The van der Waals surface area contributed by atoms with E-state index in [1.807, 2.05) is 4.90 Å². The largest absolute Gasteiger partial charge is 0.480 e. The molecule has 0 unspecified atom stereocenters. The van der Waals surface area contributed by atoms with Gasteiger partial charge in [-0.1, -0.05) is 12.8 Å². The highest BCUT2D eigenvalue weighted by Gasteiger charge is 2.24. The third kappa shape index (κ3) is 3.21. The summed E-state index contributed by atoms with van der Waals surface area (Å²) in [5.41, 5.74) is 0.755. The quantitative estimate of drug-likeness (QED) is 0.652. The highest BCUT2D eigenvalue weighted by atomic mass is 16.6. The molecule has 0 amide bonds. The van der Waals surface area contributed by atoms with Gasteiger partial charge >= 0.3 is 5.97 Å². The Hall–Kier alpha value is -2.11. The lowest BCUT2D eigenvalue weighted by Crippen LogP contribution is -2.37. The van der Waals surface area contributed by atoms with Crippen molar-refractivity contribution in [1.29, 1.82) is 0 Å². The number of nitro groups is 1. The van der Waals surface area contributed by atoms with E-state index in [1.54, 1.807) is 12.1 Å². The van der Waals surface area contributed by atoms with Crippen molar-refractivity contribution in [3.8, 4) is 0 Å². The fourth-order valence-corrected chi connectivity index (χ4v) is 2.56. The van der Waals surface area contributed by atoms with Gasteiger partial charge in [-0.2, -0.15) is 0 Å². The fraction of sp³-hybridized carbons (Fsp3) is 0.462. The number of benzene rings is 1. The summed E-state index contributed by atoms with van der Waals surface area (Å²) in [6.07, 6.45) is 4.16. The van der Waals surface area contributed by atoms with Gasteiger partial charge in [0.15, 0.2) is 0 Å². The van der Waals surface area contributed by atoms with E-state index in [0.717, 1.165) is 31.4 Å². The lowest BCUT2D eigenvalue weighted by Gasteiger charge is -2.29. The van der Waals surface area contributed by atoms with Crippen LogP contribution in [0.4, 0.5) is 11.4 Å². The van der Waals surface area contributed by atoms with Crippen molar-refractivity contribution in [2.75, 3.05) is 11.4 Å². The van der Waals surface area contributed by atoms with Gasteiger partial charge in [-0.15, -0.1) is 0 Å². The van der Waals surface area contributed by atoms with E-state index in [2.05, 4.69) is 0 Å². The van der Waals surface area contributed by atoms with E-state index in [4.69, 9.17) is 5.11 Å². The average Bonchev–Trinajstić information content (AvgIpc) is 2.89. The topological polar surface area (TPSA) is 83.7 Å². The third-order valence-electron chi connectivity index (χ3n) is 3.46. The van der Waals surface area contributed by atoms with Crippen LogP contribution in [-0.4, -0.2) is 28.6 Å². The van der Waals surface area contributed by atoms with Crippen molar-refractivity contribution >= 4 is 17.3 Å². The average molecular weight is 264 g/mol. The minimum Gasteiger partial charge on any atom is -0.480 e. The molecule has 6 nitrogen and oxygen atoms in total. The van der Waals surface area contributed by atoms with Crippen LogP contribution >= 0.6 is 0 Å². The molecule has 0 saturated heterocycles. The molecule has 1 fully saturated rings. The lowest BCUT2D eigenvalue weighted by atomic mass is 10.1. The lowest BCUT2D eigenvalue weighted by molar-refractivity contribution is -0.384. The van der Waals surface area contributed by atoms with Crippen molar-refractivity contribution in [3.05, 3.63) is 34.4 Å². The molecular weight excluding hydrogens is 248 g/mol. The molecule has 0 aromatic heterocycles. The second-order valence-corrected chi connectivity index (χ2v) is 4.73. The van der Waals surface area contributed by atoms with E-state index < -0.39 is 10.9 Å². The number of anilines is 1. The number of rotatable bonds is 5. The Kier molecular flexibility index (Phi) is 3.99. The molecule has 2 rings (SSSR count). The summed E-state index contributed by atoms with van der Waals surface area (Å²) < 4.78 is 0. The van der Waals surface area contributed by atoms with Gasteiger partial charge in [0.05, 0.1) is 4.92 Å². The minimum absolute atomic E-state index is 0.0189. The summed E-state index contributed by atoms with van der Waals surface area (Å²) in [5, 5.41) is 19.6. The Balaban J connectivity index is 2.21. The maximum Gasteiger partial charge on any atom is 0.323 e. The first-order chi connectivity index (χ1) is 9.08. The van der Waals surface area contributed by atoms with Crippen LogP contribution in [0.5, 0.6) is 0 Å². The number of carboxylic acid groups (broad SMARTS) is 1. The van der Waals surface area contributed by atoms with Crippen LogP contribution in [0.2, 0.25) is 0 Å². The minimum atomic E-state index is -0.884. The standard InChI is InChI=1S/C13H16N2O4/c16-13(17)9-14(10-3-1-2-4-10)11-5-7-12(8-6-11)15(18)19/h5-8,10H,1-4,9H2,(H,16,17). The summed E-state index contributed by atoms with van der Waals surface area (Å²) >= 11 is 0. The molecule has 102 valence electrons. The highest BCUT2D eigenvalue weighted by Crippen LogP contribution is 2.29. The van der Waals surface area contributed by atoms with Crippen molar-refractivity contribution in [2.24, 2.45) is 0 Å². The van der Waals surface area contributed by atoms with Crippen LogP contribution in [0.1, 0.15) is 25.7 Å². The van der Waals surface area contributed by atoms with E-state index in [-0.39, 0.29) is 18.3 Å². The Morgan fingerprint density at radius 3 is 2.37 bits per heavy atom. The molecule has 1 N–H and O–H groups in total. The van der Waals surface area contributed by atoms with Crippen LogP contribution in [0.3, 0.4) is 0 Å². The summed E-state index contributed by atoms with van der Waals surface area (Å²) in [5.74, 6) is -0.884. The van der Waals surface area contributed by atoms with Crippen LogP contribution < -0.4 is 4.90 Å². The van der Waals surface area contributed by atoms with Gasteiger partial charge in [-0.05, 0) is 25.0 Å². The van der Waals surface area contributed by atoms with Crippen LogP contribution in [-0.2, 0) is 4.79 Å². The zero-order valence-corrected chi connectivity index (χ0v) is 10.5. The molecule has 6 heteroatoms. The Labute approximate surface area is 110 Å². The first kappa shape index (κ1) is 13.3.